The molecule has 2 unspecified atom stereocenters. The van der Waals surface area contributed by atoms with Gasteiger partial charge in [-0.15, -0.1) is 0 Å². The Morgan fingerprint density at radius 1 is 1.33 bits per heavy atom. The van der Waals surface area contributed by atoms with Crippen LogP contribution in [0.1, 0.15) is 31.9 Å². The summed E-state index contributed by atoms with van der Waals surface area (Å²) < 4.78 is 6.01. The molecule has 5 heteroatoms. The number of halogens is 2. The van der Waals surface area contributed by atoms with Crippen molar-refractivity contribution in [2.24, 2.45) is 0 Å². The summed E-state index contributed by atoms with van der Waals surface area (Å²) in [6, 6.07) is 5.98. The van der Waals surface area contributed by atoms with Gasteiger partial charge in [-0.2, -0.15) is 0 Å². The van der Waals surface area contributed by atoms with Crippen LogP contribution in [0.2, 0.25) is 10.0 Å². The topological polar surface area (TPSA) is 24.5 Å². The summed E-state index contributed by atoms with van der Waals surface area (Å²) in [4.78, 5) is 2.47. The molecule has 0 aliphatic carbocycles. The molecule has 3 nitrogen and oxygen atoms in total. The number of nitrogens with one attached hydrogen (secondary N) is 1. The third-order valence-corrected chi connectivity index (χ3v) is 4.56. The van der Waals surface area contributed by atoms with Gasteiger partial charge in [-0.1, -0.05) is 43.1 Å². The van der Waals surface area contributed by atoms with E-state index in [4.69, 9.17) is 27.9 Å². The molecule has 2 rings (SSSR count). The van der Waals surface area contributed by atoms with E-state index in [-0.39, 0.29) is 12.1 Å². The summed E-state index contributed by atoms with van der Waals surface area (Å²) >= 11 is 12.2. The first kappa shape index (κ1) is 17.0. The SMILES string of the molecule is CCCN1CCOC(C(NCC)c2ccc(Cl)c(Cl)c2)C1. The van der Waals surface area contributed by atoms with Crippen LogP contribution in [0.5, 0.6) is 0 Å². The molecule has 1 aliphatic heterocycles. The van der Waals surface area contributed by atoms with E-state index in [1.165, 1.54) is 6.42 Å². The Hall–Kier alpha value is -0.320. The van der Waals surface area contributed by atoms with Gasteiger partial charge >= 0.3 is 0 Å². The Morgan fingerprint density at radius 2 is 2.14 bits per heavy atom. The van der Waals surface area contributed by atoms with Gasteiger partial charge in [0.2, 0.25) is 0 Å². The van der Waals surface area contributed by atoms with Crippen molar-refractivity contribution >= 4 is 23.2 Å². The number of likely N-dealkylation sites (N-methyl/N-ethyl adjacent to an activating group) is 1. The number of hydrogen-bond acceptors (Lipinski definition) is 3. The second-order valence-electron chi connectivity index (χ2n) is 5.42. The zero-order valence-corrected chi connectivity index (χ0v) is 14.3. The zero-order valence-electron chi connectivity index (χ0n) is 12.7. The lowest BCUT2D eigenvalue weighted by Gasteiger charge is -2.37. The number of hydrogen-bond donors (Lipinski definition) is 1. The molecule has 1 saturated heterocycles. The number of morpholine rings is 1. The molecular formula is C16H24Cl2N2O. The van der Waals surface area contributed by atoms with Gasteiger partial charge in [0.15, 0.2) is 0 Å². The molecule has 1 heterocycles. The van der Waals surface area contributed by atoms with Gasteiger partial charge in [0.05, 0.1) is 28.8 Å². The molecule has 0 aromatic heterocycles. The predicted molar refractivity (Wildman–Crippen MR) is 89.4 cm³/mol. The van der Waals surface area contributed by atoms with Gasteiger partial charge in [0, 0.05) is 13.1 Å². The molecule has 118 valence electrons. The second kappa shape index (κ2) is 8.35. The Bertz CT molecular complexity index is 454. The van der Waals surface area contributed by atoms with Crippen LogP contribution in [0.4, 0.5) is 0 Å². The smallest absolute Gasteiger partial charge is 0.0896 e. The van der Waals surface area contributed by atoms with Crippen molar-refractivity contribution in [2.75, 3.05) is 32.8 Å². The minimum absolute atomic E-state index is 0.141. The standard InChI is InChI=1S/C16H24Cl2N2O/c1-3-7-20-8-9-21-15(11-20)16(19-4-2)12-5-6-13(17)14(18)10-12/h5-6,10,15-16,19H,3-4,7-9,11H2,1-2H3. The van der Waals surface area contributed by atoms with Crippen molar-refractivity contribution in [3.63, 3.8) is 0 Å². The molecule has 1 aliphatic rings. The van der Waals surface area contributed by atoms with Crippen molar-refractivity contribution in [1.29, 1.82) is 0 Å². The van der Waals surface area contributed by atoms with Crippen LogP contribution in [-0.4, -0.2) is 43.8 Å². The number of ether oxygens (including phenoxy) is 1. The first-order chi connectivity index (χ1) is 10.2. The highest BCUT2D eigenvalue weighted by molar-refractivity contribution is 6.42. The van der Waals surface area contributed by atoms with Gasteiger partial charge in [0.25, 0.3) is 0 Å². The van der Waals surface area contributed by atoms with Crippen molar-refractivity contribution in [3.8, 4) is 0 Å². The molecule has 0 amide bonds. The fraction of sp³-hybridized carbons (Fsp3) is 0.625. The highest BCUT2D eigenvalue weighted by Gasteiger charge is 2.28. The maximum absolute atomic E-state index is 6.16. The Balaban J connectivity index is 2.15. The fourth-order valence-corrected chi connectivity index (χ4v) is 3.15. The number of benzene rings is 1. The molecule has 0 radical (unpaired) electrons. The van der Waals surface area contributed by atoms with Gasteiger partial charge in [0.1, 0.15) is 0 Å². The minimum atomic E-state index is 0.141. The molecule has 1 fully saturated rings. The van der Waals surface area contributed by atoms with Crippen LogP contribution in [0.25, 0.3) is 0 Å². The number of rotatable bonds is 6. The van der Waals surface area contributed by atoms with E-state index < -0.39 is 0 Å². The molecule has 21 heavy (non-hydrogen) atoms. The molecule has 2 atom stereocenters. The molecule has 1 aromatic rings. The lowest BCUT2D eigenvalue weighted by atomic mass is 9.99. The Labute approximate surface area is 137 Å². The lowest BCUT2D eigenvalue weighted by molar-refractivity contribution is -0.0468. The lowest BCUT2D eigenvalue weighted by Crippen LogP contribution is -2.48. The quantitative estimate of drug-likeness (QED) is 0.859. The van der Waals surface area contributed by atoms with Crippen molar-refractivity contribution < 1.29 is 4.74 Å². The first-order valence-electron chi connectivity index (χ1n) is 7.68. The van der Waals surface area contributed by atoms with E-state index in [9.17, 15) is 0 Å². The molecule has 0 saturated carbocycles. The highest BCUT2D eigenvalue weighted by Crippen LogP contribution is 2.29. The van der Waals surface area contributed by atoms with E-state index in [0.29, 0.717) is 10.0 Å². The fourth-order valence-electron chi connectivity index (χ4n) is 2.84. The third kappa shape index (κ3) is 4.57. The normalized spacial score (nSPS) is 21.4. The summed E-state index contributed by atoms with van der Waals surface area (Å²) in [5.41, 5.74) is 1.13. The van der Waals surface area contributed by atoms with Crippen LogP contribution in [0, 0.1) is 0 Å². The Kier molecular flexibility index (Phi) is 6.77. The van der Waals surface area contributed by atoms with E-state index >= 15 is 0 Å². The second-order valence-corrected chi connectivity index (χ2v) is 6.23. The van der Waals surface area contributed by atoms with Crippen molar-refractivity contribution in [1.82, 2.24) is 10.2 Å². The van der Waals surface area contributed by atoms with Crippen LogP contribution in [-0.2, 0) is 4.74 Å². The van der Waals surface area contributed by atoms with Gasteiger partial charge in [-0.25, -0.2) is 0 Å². The molecule has 0 spiro atoms. The van der Waals surface area contributed by atoms with Gasteiger partial charge < -0.3 is 10.1 Å². The monoisotopic (exact) mass is 330 g/mol. The van der Waals surface area contributed by atoms with Crippen LogP contribution in [0.15, 0.2) is 18.2 Å². The summed E-state index contributed by atoms with van der Waals surface area (Å²) in [5, 5.41) is 4.71. The van der Waals surface area contributed by atoms with Crippen molar-refractivity contribution in [2.45, 2.75) is 32.4 Å². The van der Waals surface area contributed by atoms with E-state index in [0.717, 1.165) is 38.3 Å². The van der Waals surface area contributed by atoms with Crippen LogP contribution >= 0.6 is 23.2 Å². The minimum Gasteiger partial charge on any atom is -0.374 e. The number of nitrogens with zero attached hydrogens (tertiary/aromatic N) is 1. The van der Waals surface area contributed by atoms with E-state index in [2.05, 4.69) is 24.1 Å². The predicted octanol–water partition coefficient (Wildman–Crippen LogP) is 3.75. The average Bonchev–Trinajstić information content (AvgIpc) is 2.48. The largest absolute Gasteiger partial charge is 0.374 e. The summed E-state index contributed by atoms with van der Waals surface area (Å²) in [6.07, 6.45) is 1.31. The van der Waals surface area contributed by atoms with E-state index in [1.807, 2.05) is 18.2 Å². The summed E-state index contributed by atoms with van der Waals surface area (Å²) in [6.45, 7) is 9.09. The molecule has 1 aromatic carbocycles. The Morgan fingerprint density at radius 3 is 2.81 bits per heavy atom. The van der Waals surface area contributed by atoms with Crippen LogP contribution in [0.3, 0.4) is 0 Å². The van der Waals surface area contributed by atoms with Crippen LogP contribution < -0.4 is 5.32 Å². The highest BCUT2D eigenvalue weighted by atomic mass is 35.5. The molecular weight excluding hydrogens is 307 g/mol. The van der Waals surface area contributed by atoms with Gasteiger partial charge in [-0.3, -0.25) is 4.90 Å². The molecule has 1 N–H and O–H groups in total. The van der Waals surface area contributed by atoms with Crippen molar-refractivity contribution in [3.05, 3.63) is 33.8 Å². The zero-order chi connectivity index (χ0) is 15.2. The maximum Gasteiger partial charge on any atom is 0.0896 e. The first-order valence-corrected chi connectivity index (χ1v) is 8.43. The van der Waals surface area contributed by atoms with E-state index in [1.54, 1.807) is 0 Å². The van der Waals surface area contributed by atoms with Gasteiger partial charge in [-0.05, 0) is 37.2 Å². The average molecular weight is 331 g/mol. The third-order valence-electron chi connectivity index (χ3n) is 3.82. The summed E-state index contributed by atoms with van der Waals surface area (Å²) in [7, 11) is 0. The maximum atomic E-state index is 6.16. The molecule has 0 bridgehead atoms. The summed E-state index contributed by atoms with van der Waals surface area (Å²) in [5.74, 6) is 0.